The van der Waals surface area contributed by atoms with Crippen LogP contribution in [0.25, 0.3) is 0 Å². The van der Waals surface area contributed by atoms with Gasteiger partial charge in [0.05, 0.1) is 0 Å². The summed E-state index contributed by atoms with van der Waals surface area (Å²) in [6.45, 7) is 15.5. The highest BCUT2D eigenvalue weighted by molar-refractivity contribution is 4.96. The van der Waals surface area contributed by atoms with Crippen LogP contribution < -0.4 is 5.32 Å². The highest BCUT2D eigenvalue weighted by Crippen LogP contribution is 2.27. The van der Waals surface area contributed by atoms with Crippen molar-refractivity contribution in [3.8, 4) is 0 Å². The molecule has 0 aliphatic carbocycles. The lowest BCUT2D eigenvalue weighted by molar-refractivity contribution is 0.0457. The topological polar surface area (TPSA) is 15.3 Å². The van der Waals surface area contributed by atoms with Crippen molar-refractivity contribution >= 4 is 0 Å². The van der Waals surface area contributed by atoms with Crippen LogP contribution in [0.1, 0.15) is 60.3 Å². The summed E-state index contributed by atoms with van der Waals surface area (Å²) in [7, 11) is 0. The van der Waals surface area contributed by atoms with Gasteiger partial charge in [0.2, 0.25) is 0 Å². The highest BCUT2D eigenvalue weighted by atomic mass is 15.2. The second-order valence-electron chi connectivity index (χ2n) is 6.38. The monoisotopic (exact) mass is 240 g/mol. The maximum absolute atomic E-state index is 3.76. The fourth-order valence-electron chi connectivity index (χ4n) is 3.27. The van der Waals surface area contributed by atoms with E-state index in [9.17, 15) is 0 Å². The number of hydrogen-bond donors (Lipinski definition) is 1. The zero-order valence-corrected chi connectivity index (χ0v) is 12.6. The van der Waals surface area contributed by atoms with Crippen LogP contribution in [0.15, 0.2) is 0 Å². The number of piperidine rings is 1. The van der Waals surface area contributed by atoms with E-state index < -0.39 is 0 Å². The van der Waals surface area contributed by atoms with Crippen LogP contribution in [-0.2, 0) is 0 Å². The Hall–Kier alpha value is -0.0800. The molecule has 1 heterocycles. The van der Waals surface area contributed by atoms with Crippen LogP contribution in [-0.4, -0.2) is 36.1 Å². The SMILES string of the molecule is CCCNC(C(C)C)C(C)(C)N1CCCCC1. The molecule has 1 rings (SSSR count). The molecule has 1 atom stereocenters. The van der Waals surface area contributed by atoms with Gasteiger partial charge in [-0.3, -0.25) is 4.90 Å². The van der Waals surface area contributed by atoms with Crippen LogP contribution >= 0.6 is 0 Å². The fraction of sp³-hybridized carbons (Fsp3) is 1.00. The Morgan fingerprint density at radius 3 is 2.18 bits per heavy atom. The Bertz CT molecular complexity index is 205. The lowest BCUT2D eigenvalue weighted by Gasteiger charge is -2.48. The molecular weight excluding hydrogens is 208 g/mol. The van der Waals surface area contributed by atoms with E-state index in [-0.39, 0.29) is 5.54 Å². The van der Waals surface area contributed by atoms with Crippen molar-refractivity contribution in [3.05, 3.63) is 0 Å². The lowest BCUT2D eigenvalue weighted by atomic mass is 9.83. The van der Waals surface area contributed by atoms with Gasteiger partial charge in [-0.25, -0.2) is 0 Å². The lowest BCUT2D eigenvalue weighted by Crippen LogP contribution is -2.61. The first-order valence-electron chi connectivity index (χ1n) is 7.48. The van der Waals surface area contributed by atoms with E-state index in [1.165, 1.54) is 38.8 Å². The van der Waals surface area contributed by atoms with Gasteiger partial charge in [0.25, 0.3) is 0 Å². The van der Waals surface area contributed by atoms with Crippen molar-refractivity contribution in [3.63, 3.8) is 0 Å². The average Bonchev–Trinajstić information content (AvgIpc) is 2.30. The molecule has 2 heteroatoms. The van der Waals surface area contributed by atoms with Crippen molar-refractivity contribution in [1.29, 1.82) is 0 Å². The average molecular weight is 240 g/mol. The van der Waals surface area contributed by atoms with Gasteiger partial charge in [-0.05, 0) is 58.7 Å². The van der Waals surface area contributed by atoms with Gasteiger partial charge >= 0.3 is 0 Å². The Morgan fingerprint density at radius 2 is 1.71 bits per heavy atom. The molecular formula is C15H32N2. The first-order chi connectivity index (χ1) is 8.00. The van der Waals surface area contributed by atoms with Crippen LogP contribution in [0.2, 0.25) is 0 Å². The zero-order valence-electron chi connectivity index (χ0n) is 12.6. The zero-order chi connectivity index (χ0) is 12.9. The molecule has 1 aliphatic rings. The number of nitrogens with one attached hydrogen (secondary N) is 1. The molecule has 0 aromatic rings. The van der Waals surface area contributed by atoms with E-state index in [1.54, 1.807) is 0 Å². The van der Waals surface area contributed by atoms with E-state index in [1.807, 2.05) is 0 Å². The van der Waals surface area contributed by atoms with Crippen molar-refractivity contribution in [2.24, 2.45) is 5.92 Å². The molecule has 0 spiro atoms. The van der Waals surface area contributed by atoms with Gasteiger partial charge in [0.1, 0.15) is 0 Å². The number of likely N-dealkylation sites (tertiary alicyclic amines) is 1. The van der Waals surface area contributed by atoms with E-state index in [0.29, 0.717) is 12.0 Å². The molecule has 0 aromatic heterocycles. The van der Waals surface area contributed by atoms with Crippen LogP contribution in [0.5, 0.6) is 0 Å². The molecule has 0 radical (unpaired) electrons. The number of hydrogen-bond acceptors (Lipinski definition) is 2. The van der Waals surface area contributed by atoms with Crippen LogP contribution in [0.4, 0.5) is 0 Å². The maximum atomic E-state index is 3.76. The molecule has 1 saturated heterocycles. The highest BCUT2D eigenvalue weighted by Gasteiger charge is 2.36. The Kier molecular flexibility index (Phi) is 5.94. The van der Waals surface area contributed by atoms with Crippen LogP contribution in [0.3, 0.4) is 0 Å². The standard InChI is InChI=1S/C15H32N2/c1-6-10-16-14(13(2)3)15(4,5)17-11-8-7-9-12-17/h13-14,16H,6-12H2,1-5H3. The summed E-state index contributed by atoms with van der Waals surface area (Å²) >= 11 is 0. The van der Waals surface area contributed by atoms with Gasteiger partial charge in [0.15, 0.2) is 0 Å². The first kappa shape index (κ1) is 15.0. The van der Waals surface area contributed by atoms with E-state index >= 15 is 0 Å². The van der Waals surface area contributed by atoms with Crippen molar-refractivity contribution in [2.75, 3.05) is 19.6 Å². The second-order valence-corrected chi connectivity index (χ2v) is 6.38. The quantitative estimate of drug-likeness (QED) is 0.766. The summed E-state index contributed by atoms with van der Waals surface area (Å²) in [6, 6.07) is 0.598. The van der Waals surface area contributed by atoms with Crippen LogP contribution in [0, 0.1) is 5.92 Å². The molecule has 0 aromatic carbocycles. The van der Waals surface area contributed by atoms with Gasteiger partial charge in [-0.15, -0.1) is 0 Å². The van der Waals surface area contributed by atoms with Gasteiger partial charge in [-0.1, -0.05) is 27.2 Å². The maximum Gasteiger partial charge on any atom is 0.0308 e. The van der Waals surface area contributed by atoms with E-state index in [0.717, 1.165) is 6.54 Å². The van der Waals surface area contributed by atoms with E-state index in [4.69, 9.17) is 0 Å². The summed E-state index contributed by atoms with van der Waals surface area (Å²) in [4.78, 5) is 2.70. The summed E-state index contributed by atoms with van der Waals surface area (Å²) in [5.41, 5.74) is 0.282. The third-order valence-electron chi connectivity index (χ3n) is 4.21. The molecule has 1 aliphatic heterocycles. The minimum Gasteiger partial charge on any atom is -0.312 e. The molecule has 2 nitrogen and oxygen atoms in total. The molecule has 0 bridgehead atoms. The van der Waals surface area contributed by atoms with Gasteiger partial charge in [-0.2, -0.15) is 0 Å². The normalized spacial score (nSPS) is 20.8. The minimum atomic E-state index is 0.282. The smallest absolute Gasteiger partial charge is 0.0308 e. The first-order valence-corrected chi connectivity index (χ1v) is 7.48. The summed E-state index contributed by atoms with van der Waals surface area (Å²) < 4.78 is 0. The summed E-state index contributed by atoms with van der Waals surface area (Å²) in [5, 5.41) is 3.76. The summed E-state index contributed by atoms with van der Waals surface area (Å²) in [6.07, 6.45) is 5.39. The Labute approximate surface area is 108 Å². The van der Waals surface area contributed by atoms with Gasteiger partial charge in [0, 0.05) is 11.6 Å². The second kappa shape index (κ2) is 6.75. The number of rotatable bonds is 6. The molecule has 1 fully saturated rings. The number of nitrogens with zero attached hydrogens (tertiary/aromatic N) is 1. The van der Waals surface area contributed by atoms with E-state index in [2.05, 4.69) is 44.8 Å². The van der Waals surface area contributed by atoms with Gasteiger partial charge < -0.3 is 5.32 Å². The largest absolute Gasteiger partial charge is 0.312 e. The molecule has 0 saturated carbocycles. The van der Waals surface area contributed by atoms with Crippen molar-refractivity contribution in [2.45, 2.75) is 71.9 Å². The molecule has 17 heavy (non-hydrogen) atoms. The Morgan fingerprint density at radius 1 is 1.12 bits per heavy atom. The summed E-state index contributed by atoms with van der Waals surface area (Å²) in [5.74, 6) is 0.693. The third-order valence-corrected chi connectivity index (χ3v) is 4.21. The third kappa shape index (κ3) is 3.96. The molecule has 102 valence electrons. The Balaban J connectivity index is 2.67. The predicted octanol–water partition coefficient (Wildman–Crippen LogP) is 3.28. The fourth-order valence-corrected chi connectivity index (χ4v) is 3.27. The minimum absolute atomic E-state index is 0.282. The predicted molar refractivity (Wildman–Crippen MR) is 76.4 cm³/mol. The molecule has 0 amide bonds. The molecule has 1 unspecified atom stereocenters. The van der Waals surface area contributed by atoms with Crippen molar-refractivity contribution < 1.29 is 0 Å². The van der Waals surface area contributed by atoms with Crippen molar-refractivity contribution in [1.82, 2.24) is 10.2 Å². The molecule has 1 N–H and O–H groups in total.